The van der Waals surface area contributed by atoms with E-state index >= 15 is 0 Å². The summed E-state index contributed by atoms with van der Waals surface area (Å²) >= 11 is 5.97. The summed E-state index contributed by atoms with van der Waals surface area (Å²) in [4.78, 5) is 2.04. The van der Waals surface area contributed by atoms with E-state index in [0.717, 1.165) is 12.2 Å². The van der Waals surface area contributed by atoms with E-state index in [1.165, 1.54) is 16.8 Å². The highest BCUT2D eigenvalue weighted by Crippen LogP contribution is 2.20. The molecular weight excluding hydrogens is 269 g/mol. The Morgan fingerprint density at radius 1 is 1.47 bits per heavy atom. The predicted molar refractivity (Wildman–Crippen MR) is 71.7 cm³/mol. The van der Waals surface area contributed by atoms with Gasteiger partial charge in [-0.1, -0.05) is 16.8 Å². The molecule has 5 nitrogen and oxygen atoms in total. The molecule has 2 rings (SSSR count). The zero-order valence-electron chi connectivity index (χ0n) is 10.6. The largest absolute Gasteiger partial charge is 0.329 e. The van der Waals surface area contributed by atoms with E-state index in [1.807, 2.05) is 11.9 Å². The summed E-state index contributed by atoms with van der Waals surface area (Å²) in [7, 11) is 1.96. The number of likely N-dealkylation sites (N-methyl/N-ethyl adjacent to an activating group) is 1. The van der Waals surface area contributed by atoms with Gasteiger partial charge in [0.15, 0.2) is 0 Å². The summed E-state index contributed by atoms with van der Waals surface area (Å²) in [5.41, 5.74) is 6.88. The van der Waals surface area contributed by atoms with Crippen LogP contribution in [0.3, 0.4) is 0 Å². The van der Waals surface area contributed by atoms with Gasteiger partial charge in [-0.25, -0.2) is 9.07 Å². The van der Waals surface area contributed by atoms with Gasteiger partial charge < -0.3 is 5.73 Å². The number of nitrogens with zero attached hydrogens (tertiary/aromatic N) is 4. The van der Waals surface area contributed by atoms with Crippen LogP contribution in [0, 0.1) is 5.82 Å². The average Bonchev–Trinajstić information content (AvgIpc) is 2.77. The van der Waals surface area contributed by atoms with Crippen LogP contribution in [0.25, 0.3) is 5.69 Å². The van der Waals surface area contributed by atoms with E-state index in [4.69, 9.17) is 17.3 Å². The molecule has 2 N–H and O–H groups in total. The molecule has 0 amide bonds. The summed E-state index contributed by atoms with van der Waals surface area (Å²) in [6.07, 6.45) is 1.77. The molecular formula is C12H15ClFN5. The molecule has 0 atom stereocenters. The molecule has 1 aromatic heterocycles. The Bertz CT molecular complexity index is 557. The van der Waals surface area contributed by atoms with Gasteiger partial charge in [-0.15, -0.1) is 5.10 Å². The minimum atomic E-state index is -0.378. The van der Waals surface area contributed by atoms with Crippen molar-refractivity contribution in [2.75, 3.05) is 20.1 Å². The molecule has 0 aliphatic carbocycles. The van der Waals surface area contributed by atoms with Crippen LogP contribution in [0.15, 0.2) is 24.4 Å². The molecule has 2 aromatic rings. The highest BCUT2D eigenvalue weighted by molar-refractivity contribution is 6.32. The lowest BCUT2D eigenvalue weighted by molar-refractivity contribution is 0.332. The van der Waals surface area contributed by atoms with E-state index in [0.29, 0.717) is 23.8 Å². The maximum absolute atomic E-state index is 13.0. The SMILES string of the molecule is CN(CCN)Cc1cn(-c2ccc(F)cc2Cl)nn1. The fourth-order valence-electron chi connectivity index (χ4n) is 1.73. The van der Waals surface area contributed by atoms with Crippen molar-refractivity contribution in [3.63, 3.8) is 0 Å². The second-order valence-corrected chi connectivity index (χ2v) is 4.68. The van der Waals surface area contributed by atoms with Crippen molar-refractivity contribution in [1.82, 2.24) is 19.9 Å². The van der Waals surface area contributed by atoms with Crippen LogP contribution in [-0.4, -0.2) is 40.0 Å². The molecule has 0 unspecified atom stereocenters. The van der Waals surface area contributed by atoms with Crippen LogP contribution in [0.1, 0.15) is 5.69 Å². The van der Waals surface area contributed by atoms with Gasteiger partial charge >= 0.3 is 0 Å². The van der Waals surface area contributed by atoms with Gasteiger partial charge in [-0.05, 0) is 25.2 Å². The molecule has 0 radical (unpaired) electrons. The fraction of sp³-hybridized carbons (Fsp3) is 0.333. The zero-order valence-corrected chi connectivity index (χ0v) is 11.3. The lowest BCUT2D eigenvalue weighted by Gasteiger charge is -2.12. The Morgan fingerprint density at radius 2 is 2.26 bits per heavy atom. The standard InChI is InChI=1S/C12H15ClFN5/c1-18(5-4-15)7-10-8-19(17-16-10)12-3-2-9(14)6-11(12)13/h2-3,6,8H,4-5,7,15H2,1H3. The van der Waals surface area contributed by atoms with Crippen LogP contribution in [0.4, 0.5) is 4.39 Å². The molecule has 0 saturated carbocycles. The number of benzene rings is 1. The molecule has 102 valence electrons. The lowest BCUT2D eigenvalue weighted by Crippen LogP contribution is -2.25. The molecule has 0 spiro atoms. The Kier molecular flexibility index (Phi) is 4.47. The molecule has 19 heavy (non-hydrogen) atoms. The molecule has 1 heterocycles. The Balaban J connectivity index is 2.16. The van der Waals surface area contributed by atoms with Crippen molar-refractivity contribution >= 4 is 11.6 Å². The van der Waals surface area contributed by atoms with Gasteiger partial charge in [-0.3, -0.25) is 4.90 Å². The first kappa shape index (κ1) is 13.9. The summed E-state index contributed by atoms with van der Waals surface area (Å²) < 4.78 is 14.5. The minimum Gasteiger partial charge on any atom is -0.329 e. The molecule has 1 aromatic carbocycles. The third-order valence-corrected chi connectivity index (χ3v) is 2.94. The number of rotatable bonds is 5. The van der Waals surface area contributed by atoms with Crippen LogP contribution >= 0.6 is 11.6 Å². The molecule has 0 aliphatic heterocycles. The third kappa shape index (κ3) is 3.50. The van der Waals surface area contributed by atoms with Gasteiger partial charge in [0.05, 0.1) is 22.6 Å². The summed E-state index contributed by atoms with van der Waals surface area (Å²) in [6.45, 7) is 2.02. The number of nitrogens with two attached hydrogens (primary N) is 1. The minimum absolute atomic E-state index is 0.298. The molecule has 7 heteroatoms. The van der Waals surface area contributed by atoms with Gasteiger partial charge in [0.25, 0.3) is 0 Å². The van der Waals surface area contributed by atoms with Crippen molar-refractivity contribution in [2.45, 2.75) is 6.54 Å². The van der Waals surface area contributed by atoms with Gasteiger partial charge in [0.2, 0.25) is 0 Å². The van der Waals surface area contributed by atoms with E-state index in [2.05, 4.69) is 10.3 Å². The average molecular weight is 284 g/mol. The first-order valence-corrected chi connectivity index (χ1v) is 6.23. The Labute approximate surface area is 115 Å². The zero-order chi connectivity index (χ0) is 13.8. The van der Waals surface area contributed by atoms with Crippen LogP contribution < -0.4 is 5.73 Å². The Morgan fingerprint density at radius 3 is 2.95 bits per heavy atom. The first-order chi connectivity index (χ1) is 9.10. The van der Waals surface area contributed by atoms with E-state index in [9.17, 15) is 4.39 Å². The second kappa shape index (κ2) is 6.10. The monoisotopic (exact) mass is 283 g/mol. The maximum atomic E-state index is 13.0. The number of halogens is 2. The first-order valence-electron chi connectivity index (χ1n) is 5.85. The highest BCUT2D eigenvalue weighted by atomic mass is 35.5. The van der Waals surface area contributed by atoms with Crippen molar-refractivity contribution < 1.29 is 4.39 Å². The van der Waals surface area contributed by atoms with Crippen LogP contribution in [0.2, 0.25) is 5.02 Å². The number of hydrogen-bond donors (Lipinski definition) is 1. The van der Waals surface area contributed by atoms with Crippen molar-refractivity contribution in [3.05, 3.63) is 40.9 Å². The van der Waals surface area contributed by atoms with Gasteiger partial charge in [0.1, 0.15) is 5.82 Å². The van der Waals surface area contributed by atoms with E-state index in [-0.39, 0.29) is 5.82 Å². The lowest BCUT2D eigenvalue weighted by atomic mass is 10.3. The smallest absolute Gasteiger partial charge is 0.124 e. The highest BCUT2D eigenvalue weighted by Gasteiger charge is 2.09. The predicted octanol–water partition coefficient (Wildman–Crippen LogP) is 1.45. The van der Waals surface area contributed by atoms with Crippen molar-refractivity contribution in [2.24, 2.45) is 5.73 Å². The van der Waals surface area contributed by atoms with E-state index in [1.54, 1.807) is 12.3 Å². The van der Waals surface area contributed by atoms with Gasteiger partial charge in [-0.2, -0.15) is 0 Å². The number of hydrogen-bond acceptors (Lipinski definition) is 4. The summed E-state index contributed by atoms with van der Waals surface area (Å²) in [6, 6.07) is 4.15. The summed E-state index contributed by atoms with van der Waals surface area (Å²) in [5, 5.41) is 8.35. The molecule has 0 saturated heterocycles. The quantitative estimate of drug-likeness (QED) is 0.902. The molecule has 0 aliphatic rings. The van der Waals surface area contributed by atoms with Crippen LogP contribution in [-0.2, 0) is 6.54 Å². The summed E-state index contributed by atoms with van der Waals surface area (Å²) in [5.74, 6) is -0.378. The molecule has 0 bridgehead atoms. The van der Waals surface area contributed by atoms with Crippen molar-refractivity contribution in [1.29, 1.82) is 0 Å². The van der Waals surface area contributed by atoms with E-state index < -0.39 is 0 Å². The van der Waals surface area contributed by atoms with Crippen molar-refractivity contribution in [3.8, 4) is 5.69 Å². The Hall–Kier alpha value is -1.50. The third-order valence-electron chi connectivity index (χ3n) is 2.64. The maximum Gasteiger partial charge on any atom is 0.124 e. The van der Waals surface area contributed by atoms with Crippen LogP contribution in [0.5, 0.6) is 0 Å². The number of aromatic nitrogens is 3. The fourth-order valence-corrected chi connectivity index (χ4v) is 1.99. The normalized spacial score (nSPS) is 11.2. The van der Waals surface area contributed by atoms with Gasteiger partial charge in [0, 0.05) is 19.6 Å². The second-order valence-electron chi connectivity index (χ2n) is 4.28. The topological polar surface area (TPSA) is 60.0 Å². The molecule has 0 fully saturated rings.